The Morgan fingerprint density at radius 1 is 0.737 bits per heavy atom. The molecule has 0 aromatic heterocycles. The van der Waals surface area contributed by atoms with Crippen molar-refractivity contribution >= 4 is 29.1 Å². The van der Waals surface area contributed by atoms with Gasteiger partial charge in [0.1, 0.15) is 17.3 Å². The molecular formula is C33H22FNO3. The number of hydrogen-bond acceptors (Lipinski definition) is 4. The fourth-order valence-corrected chi connectivity index (χ4v) is 6.73. The van der Waals surface area contributed by atoms with Gasteiger partial charge in [0.15, 0.2) is 17.3 Å². The van der Waals surface area contributed by atoms with Crippen LogP contribution in [0.4, 0.5) is 10.1 Å². The highest BCUT2D eigenvalue weighted by Gasteiger charge is 2.71. The SMILES string of the molecule is O=C(c1ccccc1)[C@@H]1[C@@H](c2ccc(F)cc2)C2(C(=O)c3ccccc3C2=O)[C@@H]2C=Cc3ccccc3N12. The molecule has 0 radical (unpaired) electrons. The molecule has 1 saturated heterocycles. The Labute approximate surface area is 219 Å². The largest absolute Gasteiger partial charge is 0.352 e. The summed E-state index contributed by atoms with van der Waals surface area (Å²) in [5, 5.41) is 0. The number of carbonyl (C=O) groups excluding carboxylic acids is 3. The molecule has 3 atom stereocenters. The first-order valence-electron chi connectivity index (χ1n) is 12.6. The van der Waals surface area contributed by atoms with Crippen LogP contribution in [0.1, 0.15) is 48.1 Å². The second-order valence-corrected chi connectivity index (χ2v) is 10.0. The van der Waals surface area contributed by atoms with Crippen molar-refractivity contribution in [3.05, 3.63) is 143 Å². The highest BCUT2D eigenvalue weighted by atomic mass is 19.1. The van der Waals surface area contributed by atoms with Crippen LogP contribution >= 0.6 is 0 Å². The molecule has 1 aliphatic carbocycles. The number of ketones is 3. The molecule has 7 rings (SSSR count). The normalized spacial score (nSPS) is 22.3. The van der Waals surface area contributed by atoms with Crippen LogP contribution in [0.2, 0.25) is 0 Å². The summed E-state index contributed by atoms with van der Waals surface area (Å²) in [7, 11) is 0. The van der Waals surface area contributed by atoms with Gasteiger partial charge >= 0.3 is 0 Å². The molecule has 1 spiro atoms. The van der Waals surface area contributed by atoms with Crippen LogP contribution < -0.4 is 4.90 Å². The van der Waals surface area contributed by atoms with Crippen LogP contribution in [0, 0.1) is 11.2 Å². The third-order valence-corrected chi connectivity index (χ3v) is 8.27. The maximum absolute atomic E-state index is 14.5. The Kier molecular flexibility index (Phi) is 4.86. The Morgan fingerprint density at radius 3 is 2.03 bits per heavy atom. The molecule has 2 heterocycles. The van der Waals surface area contributed by atoms with E-state index in [1.54, 1.807) is 60.7 Å². The third-order valence-electron chi connectivity index (χ3n) is 8.27. The smallest absolute Gasteiger partial charge is 0.185 e. The topological polar surface area (TPSA) is 54.5 Å². The zero-order chi connectivity index (χ0) is 26.0. The summed E-state index contributed by atoms with van der Waals surface area (Å²) in [6.45, 7) is 0. The van der Waals surface area contributed by atoms with Gasteiger partial charge in [-0.15, -0.1) is 0 Å². The first-order valence-corrected chi connectivity index (χ1v) is 12.6. The van der Waals surface area contributed by atoms with Gasteiger partial charge in [-0.1, -0.05) is 97.1 Å². The van der Waals surface area contributed by atoms with Crippen molar-refractivity contribution in [3.8, 4) is 0 Å². The van der Waals surface area contributed by atoms with Gasteiger partial charge in [-0.05, 0) is 29.3 Å². The molecule has 0 bridgehead atoms. The average molecular weight is 500 g/mol. The molecule has 4 aromatic rings. The first-order chi connectivity index (χ1) is 18.5. The van der Waals surface area contributed by atoms with Crippen LogP contribution in [-0.2, 0) is 0 Å². The monoisotopic (exact) mass is 499 g/mol. The van der Waals surface area contributed by atoms with Gasteiger partial charge in [-0.3, -0.25) is 14.4 Å². The van der Waals surface area contributed by atoms with E-state index in [1.807, 2.05) is 47.4 Å². The van der Waals surface area contributed by atoms with E-state index >= 15 is 0 Å². The summed E-state index contributed by atoms with van der Waals surface area (Å²) in [6, 6.07) is 27.8. The molecule has 184 valence electrons. The molecule has 4 nitrogen and oxygen atoms in total. The summed E-state index contributed by atoms with van der Waals surface area (Å²) in [6.07, 6.45) is 3.82. The molecule has 2 aliphatic heterocycles. The molecule has 0 saturated carbocycles. The number of para-hydroxylation sites is 1. The van der Waals surface area contributed by atoms with Gasteiger partial charge in [0.25, 0.3) is 0 Å². The summed E-state index contributed by atoms with van der Waals surface area (Å²) in [5.74, 6) is -2.06. The summed E-state index contributed by atoms with van der Waals surface area (Å²) >= 11 is 0. The molecule has 38 heavy (non-hydrogen) atoms. The molecule has 0 unspecified atom stereocenters. The summed E-state index contributed by atoms with van der Waals surface area (Å²) in [4.78, 5) is 45.4. The molecule has 3 aliphatic rings. The maximum Gasteiger partial charge on any atom is 0.185 e. The van der Waals surface area contributed by atoms with Crippen LogP contribution in [0.15, 0.2) is 109 Å². The lowest BCUT2D eigenvalue weighted by molar-refractivity contribution is 0.0666. The minimum absolute atomic E-state index is 0.191. The van der Waals surface area contributed by atoms with Crippen molar-refractivity contribution in [1.82, 2.24) is 0 Å². The predicted octanol–water partition coefficient (Wildman–Crippen LogP) is 6.14. The zero-order valence-corrected chi connectivity index (χ0v) is 20.3. The molecule has 5 heteroatoms. The maximum atomic E-state index is 14.5. The summed E-state index contributed by atoms with van der Waals surface area (Å²) < 4.78 is 14.1. The molecular weight excluding hydrogens is 477 g/mol. The average Bonchev–Trinajstić information content (AvgIpc) is 3.40. The van der Waals surface area contributed by atoms with E-state index < -0.39 is 29.2 Å². The van der Waals surface area contributed by atoms with Gasteiger partial charge < -0.3 is 4.90 Å². The van der Waals surface area contributed by atoms with E-state index in [0.717, 1.165) is 11.3 Å². The molecule has 1 fully saturated rings. The number of anilines is 1. The zero-order valence-electron chi connectivity index (χ0n) is 20.3. The van der Waals surface area contributed by atoms with Crippen molar-refractivity contribution in [3.63, 3.8) is 0 Å². The van der Waals surface area contributed by atoms with Crippen molar-refractivity contribution < 1.29 is 18.8 Å². The Bertz CT molecular complexity index is 1620. The van der Waals surface area contributed by atoms with E-state index in [0.29, 0.717) is 22.3 Å². The fourth-order valence-electron chi connectivity index (χ4n) is 6.73. The number of nitrogens with zero attached hydrogens (tertiary/aromatic N) is 1. The van der Waals surface area contributed by atoms with Crippen LogP contribution in [0.5, 0.6) is 0 Å². The van der Waals surface area contributed by atoms with Gasteiger partial charge in [0, 0.05) is 28.3 Å². The highest BCUT2D eigenvalue weighted by molar-refractivity contribution is 6.32. The second-order valence-electron chi connectivity index (χ2n) is 10.0. The minimum Gasteiger partial charge on any atom is -0.352 e. The Hall–Kier alpha value is -4.64. The van der Waals surface area contributed by atoms with E-state index in [-0.39, 0.29) is 17.3 Å². The second kappa shape index (κ2) is 8.18. The number of rotatable bonds is 3. The van der Waals surface area contributed by atoms with Crippen LogP contribution in [0.25, 0.3) is 6.08 Å². The minimum atomic E-state index is -1.58. The van der Waals surface area contributed by atoms with Crippen molar-refractivity contribution in [2.45, 2.75) is 18.0 Å². The van der Waals surface area contributed by atoms with Gasteiger partial charge in [0.2, 0.25) is 0 Å². The number of Topliss-reactive ketones (excluding diaryl/α,β-unsaturated/α-hetero) is 3. The number of fused-ring (bicyclic) bond motifs is 5. The van der Waals surface area contributed by atoms with E-state index in [4.69, 9.17) is 0 Å². The van der Waals surface area contributed by atoms with Crippen LogP contribution in [-0.4, -0.2) is 29.4 Å². The highest BCUT2D eigenvalue weighted by Crippen LogP contribution is 2.60. The van der Waals surface area contributed by atoms with Crippen LogP contribution in [0.3, 0.4) is 0 Å². The lowest BCUT2D eigenvalue weighted by Crippen LogP contribution is -2.48. The molecule has 0 amide bonds. The Morgan fingerprint density at radius 2 is 1.34 bits per heavy atom. The predicted molar refractivity (Wildman–Crippen MR) is 143 cm³/mol. The molecule has 0 N–H and O–H groups in total. The van der Waals surface area contributed by atoms with E-state index in [9.17, 15) is 18.8 Å². The third kappa shape index (κ3) is 2.87. The van der Waals surface area contributed by atoms with Gasteiger partial charge in [-0.2, -0.15) is 0 Å². The summed E-state index contributed by atoms with van der Waals surface area (Å²) in [5.41, 5.74) is 1.91. The lowest BCUT2D eigenvalue weighted by Gasteiger charge is -2.37. The number of hydrogen-bond donors (Lipinski definition) is 0. The van der Waals surface area contributed by atoms with Crippen molar-refractivity contribution in [2.75, 3.05) is 4.90 Å². The van der Waals surface area contributed by atoms with E-state index in [1.165, 1.54) is 12.1 Å². The number of carbonyl (C=O) groups is 3. The van der Waals surface area contributed by atoms with Gasteiger partial charge in [0.05, 0.1) is 6.04 Å². The molecule has 4 aromatic carbocycles. The lowest BCUT2D eigenvalue weighted by atomic mass is 9.64. The number of benzene rings is 4. The fraction of sp³-hybridized carbons (Fsp3) is 0.121. The van der Waals surface area contributed by atoms with Crippen molar-refractivity contribution in [1.29, 1.82) is 0 Å². The quantitative estimate of drug-likeness (QED) is 0.251. The van der Waals surface area contributed by atoms with E-state index in [2.05, 4.69) is 0 Å². The standard InChI is InChI=1S/C33H22FNO3/c34-23-17-14-21(15-18-23)28-29(30(36)22-9-2-1-3-10-22)35-26-13-7-4-8-20(26)16-19-27(35)33(28)31(37)24-11-5-6-12-25(24)32(33)38/h1-19,27-29H/t27-,28+,29-/m0/s1. The Balaban J connectivity index is 1.55. The number of halogens is 1. The van der Waals surface area contributed by atoms with Crippen molar-refractivity contribution in [2.24, 2.45) is 5.41 Å². The first kappa shape index (κ1) is 22.5. The van der Waals surface area contributed by atoms with Gasteiger partial charge in [-0.25, -0.2) is 4.39 Å².